The maximum Gasteiger partial charge on any atom is 0.331 e. The molecular formula is C30H33Cl2FN2O5S. The Morgan fingerprint density at radius 3 is 2.54 bits per heavy atom. The van der Waals surface area contributed by atoms with Crippen LogP contribution in [0.4, 0.5) is 9.52 Å². The monoisotopic (exact) mass is 622 g/mol. The number of carbonyl (C=O) groups excluding carboxylic acids is 1. The lowest BCUT2D eigenvalue weighted by molar-refractivity contribution is -0.132. The number of aromatic nitrogens is 1. The highest BCUT2D eigenvalue weighted by Crippen LogP contribution is 2.34. The van der Waals surface area contributed by atoms with Crippen LogP contribution in [0, 0.1) is 5.82 Å². The maximum atomic E-state index is 15.6. The number of benzene rings is 2. The van der Waals surface area contributed by atoms with Gasteiger partial charge in [0.05, 0.1) is 21.8 Å². The predicted octanol–water partition coefficient (Wildman–Crippen LogP) is 8.67. The number of carboxylic acids is 1. The lowest BCUT2D eigenvalue weighted by atomic mass is 10.00. The van der Waals surface area contributed by atoms with Crippen LogP contribution in [0.15, 0.2) is 41.3 Å². The molecule has 1 amide bonds. The fourth-order valence-corrected chi connectivity index (χ4v) is 5.38. The minimum Gasteiger partial charge on any atom is -0.478 e. The first kappa shape index (κ1) is 32.7. The summed E-state index contributed by atoms with van der Waals surface area (Å²) in [5.74, 6) is -2.06. The summed E-state index contributed by atoms with van der Waals surface area (Å²) < 4.78 is 26.9. The summed E-state index contributed by atoms with van der Waals surface area (Å²) in [5.41, 5.74) is 1.61. The van der Waals surface area contributed by atoms with Crippen molar-refractivity contribution in [2.24, 2.45) is 0 Å². The Kier molecular flexibility index (Phi) is 12.7. The van der Waals surface area contributed by atoms with E-state index in [0.29, 0.717) is 35.4 Å². The quantitative estimate of drug-likeness (QED) is 0.130. The Labute approximate surface area is 253 Å². The van der Waals surface area contributed by atoms with Gasteiger partial charge >= 0.3 is 5.97 Å². The van der Waals surface area contributed by atoms with Gasteiger partial charge in [-0.1, -0.05) is 55.1 Å². The first-order valence-corrected chi connectivity index (χ1v) is 14.9. The second kappa shape index (κ2) is 16.0. The van der Waals surface area contributed by atoms with Crippen molar-refractivity contribution in [3.63, 3.8) is 0 Å². The van der Waals surface area contributed by atoms with Crippen molar-refractivity contribution in [1.29, 1.82) is 0 Å². The number of carboxylic acid groups (broad SMARTS) is 1. The Hall–Kier alpha value is -2.82. The average Bonchev–Trinajstić information content (AvgIpc) is 3.40. The van der Waals surface area contributed by atoms with E-state index >= 15 is 4.39 Å². The topological polar surface area (TPSA) is 97.8 Å². The third-order valence-electron chi connectivity index (χ3n) is 6.35. The van der Waals surface area contributed by atoms with Crippen LogP contribution in [0.2, 0.25) is 10.0 Å². The van der Waals surface area contributed by atoms with Gasteiger partial charge in [-0.2, -0.15) is 0 Å². The van der Waals surface area contributed by atoms with Crippen molar-refractivity contribution in [2.75, 3.05) is 25.6 Å². The van der Waals surface area contributed by atoms with E-state index < -0.39 is 23.8 Å². The van der Waals surface area contributed by atoms with Crippen molar-refractivity contribution >= 4 is 57.6 Å². The van der Waals surface area contributed by atoms with Crippen LogP contribution in [0.5, 0.6) is 0 Å². The molecule has 0 aliphatic heterocycles. The van der Waals surface area contributed by atoms with E-state index in [1.54, 1.807) is 30.7 Å². The molecule has 0 aliphatic rings. The number of rotatable bonds is 15. The average molecular weight is 624 g/mol. The molecule has 2 aromatic carbocycles. The number of carbonyl (C=O) groups is 2. The van der Waals surface area contributed by atoms with E-state index in [4.69, 9.17) is 37.8 Å². The molecule has 0 spiro atoms. The van der Waals surface area contributed by atoms with Crippen LogP contribution in [-0.2, 0) is 14.3 Å². The number of nitrogens with zero attached hydrogens (tertiary/aromatic N) is 1. The third kappa shape index (κ3) is 9.08. The molecule has 0 radical (unpaired) electrons. The minimum atomic E-state index is -1.11. The van der Waals surface area contributed by atoms with E-state index in [0.717, 1.165) is 43.6 Å². The molecule has 0 aliphatic carbocycles. The molecule has 11 heteroatoms. The number of methoxy groups -OCH3 is 1. The molecule has 1 heterocycles. The minimum absolute atomic E-state index is 0.0428. The van der Waals surface area contributed by atoms with Gasteiger partial charge in [0.2, 0.25) is 0 Å². The highest BCUT2D eigenvalue weighted by molar-refractivity contribution is 7.14. The Bertz CT molecular complexity index is 1370. The molecule has 220 valence electrons. The van der Waals surface area contributed by atoms with Crippen molar-refractivity contribution in [1.82, 2.24) is 4.98 Å². The highest BCUT2D eigenvalue weighted by Gasteiger charge is 2.20. The number of hydrogen-bond donors (Lipinski definition) is 2. The van der Waals surface area contributed by atoms with E-state index in [-0.39, 0.29) is 26.3 Å². The van der Waals surface area contributed by atoms with Gasteiger partial charge in [-0.15, -0.1) is 11.3 Å². The number of unbranched alkanes of at least 4 members (excludes halogenated alkanes) is 2. The molecule has 3 aromatic rings. The smallest absolute Gasteiger partial charge is 0.331 e. The fraction of sp³-hybridized carbons (Fsp3) is 0.367. The number of anilines is 1. The second-order valence-electron chi connectivity index (χ2n) is 9.37. The number of ether oxygens (including phenoxy) is 2. The van der Waals surface area contributed by atoms with Gasteiger partial charge in [0.25, 0.3) is 5.91 Å². The van der Waals surface area contributed by atoms with Crippen molar-refractivity contribution in [3.05, 3.63) is 73.8 Å². The molecule has 1 unspecified atom stereocenters. The number of aliphatic carboxylic acids is 1. The summed E-state index contributed by atoms with van der Waals surface area (Å²) in [6.07, 6.45) is 5.58. The molecule has 1 aromatic heterocycles. The van der Waals surface area contributed by atoms with Crippen LogP contribution in [0.1, 0.15) is 73.5 Å². The molecule has 0 bridgehead atoms. The van der Waals surface area contributed by atoms with Crippen LogP contribution in [-0.4, -0.2) is 42.3 Å². The lowest BCUT2D eigenvalue weighted by Gasteiger charge is -2.17. The summed E-state index contributed by atoms with van der Waals surface area (Å²) in [5, 5.41) is 14.0. The standard InChI is InChI=1S/C30H33Cl2FN2O5S/c1-4-5-6-12-40-13-8-11-26(39-3)21-10-7-9-20(27(21)33)25-17-41-30(34-25)35-28(36)19-15-23(31)22(24(32)16-19)14-18(2)29(37)38/h7,9-10,14-17,26H,4-6,8,11-13H2,1-3H3,(H,37,38)(H,34,35,36)/b18-14+. The molecule has 0 fully saturated rings. The highest BCUT2D eigenvalue weighted by atomic mass is 35.5. The molecule has 2 N–H and O–H groups in total. The maximum absolute atomic E-state index is 15.6. The molecular weight excluding hydrogens is 590 g/mol. The van der Waals surface area contributed by atoms with Gasteiger partial charge in [-0.05, 0) is 50.5 Å². The zero-order valence-corrected chi connectivity index (χ0v) is 25.5. The number of nitrogens with one attached hydrogen (secondary N) is 1. The van der Waals surface area contributed by atoms with Gasteiger partial charge in [-0.25, -0.2) is 14.2 Å². The number of halogens is 3. The molecule has 7 nitrogen and oxygen atoms in total. The van der Waals surface area contributed by atoms with Gasteiger partial charge in [0.15, 0.2) is 5.13 Å². The lowest BCUT2D eigenvalue weighted by Crippen LogP contribution is -2.12. The normalized spacial score (nSPS) is 12.4. The van der Waals surface area contributed by atoms with Crippen molar-refractivity contribution in [2.45, 2.75) is 52.1 Å². The van der Waals surface area contributed by atoms with Gasteiger partial charge < -0.3 is 14.6 Å². The van der Waals surface area contributed by atoms with Crippen molar-refractivity contribution < 1.29 is 28.6 Å². The summed E-state index contributed by atoms with van der Waals surface area (Å²) in [6, 6.07) is 7.87. The Balaban J connectivity index is 1.70. The van der Waals surface area contributed by atoms with Crippen molar-refractivity contribution in [3.8, 4) is 11.3 Å². The second-order valence-corrected chi connectivity index (χ2v) is 11.0. The predicted molar refractivity (Wildman–Crippen MR) is 163 cm³/mol. The summed E-state index contributed by atoms with van der Waals surface area (Å²) >= 11 is 13.7. The van der Waals surface area contributed by atoms with E-state index in [9.17, 15) is 9.59 Å². The zero-order valence-electron chi connectivity index (χ0n) is 23.1. The number of amides is 1. The molecule has 41 heavy (non-hydrogen) atoms. The van der Waals surface area contributed by atoms with Crippen LogP contribution in [0.3, 0.4) is 0 Å². The summed E-state index contributed by atoms with van der Waals surface area (Å²) in [6.45, 7) is 4.88. The first-order chi connectivity index (χ1) is 19.7. The van der Waals surface area contributed by atoms with E-state index in [2.05, 4.69) is 17.2 Å². The Morgan fingerprint density at radius 1 is 1.17 bits per heavy atom. The van der Waals surface area contributed by atoms with E-state index in [1.807, 2.05) is 0 Å². The van der Waals surface area contributed by atoms with Crippen LogP contribution >= 0.6 is 34.5 Å². The van der Waals surface area contributed by atoms with Gasteiger partial charge in [0.1, 0.15) is 5.82 Å². The van der Waals surface area contributed by atoms with E-state index in [1.165, 1.54) is 25.1 Å². The molecule has 0 saturated carbocycles. The fourth-order valence-electron chi connectivity index (χ4n) is 4.08. The van der Waals surface area contributed by atoms with Crippen LogP contribution < -0.4 is 5.32 Å². The SMILES string of the molecule is CCCCCOCCCC(OC)c1cccc(-c2csc(NC(=O)c3cc(Cl)c(/C=C(\C)C(=O)O)c(Cl)c3)n2)c1F. The first-order valence-electron chi connectivity index (χ1n) is 13.2. The Morgan fingerprint density at radius 2 is 1.88 bits per heavy atom. The van der Waals surface area contributed by atoms with Gasteiger partial charge in [-0.3, -0.25) is 10.1 Å². The largest absolute Gasteiger partial charge is 0.478 e. The van der Waals surface area contributed by atoms with Gasteiger partial charge in [0, 0.05) is 53.5 Å². The third-order valence-corrected chi connectivity index (χ3v) is 7.73. The van der Waals surface area contributed by atoms with Crippen LogP contribution in [0.25, 0.3) is 17.3 Å². The summed E-state index contributed by atoms with van der Waals surface area (Å²) in [4.78, 5) is 28.4. The molecule has 0 saturated heterocycles. The zero-order chi connectivity index (χ0) is 29.9. The number of thiazole rings is 1. The number of hydrogen-bond acceptors (Lipinski definition) is 6. The molecule has 1 atom stereocenters. The summed E-state index contributed by atoms with van der Waals surface area (Å²) in [7, 11) is 1.56. The molecule has 3 rings (SSSR count).